The molecule has 0 fully saturated rings. The molecule has 1 aliphatic heterocycles. The summed E-state index contributed by atoms with van der Waals surface area (Å²) in [5.41, 5.74) is 2.66. The second-order valence-electron chi connectivity index (χ2n) is 4.81. The van der Waals surface area contributed by atoms with Gasteiger partial charge in [-0.15, -0.1) is 0 Å². The van der Waals surface area contributed by atoms with Crippen LogP contribution in [0.1, 0.15) is 22.9 Å². The molecule has 2 aromatic heterocycles. The molecular weight excluding hydrogens is 270 g/mol. The van der Waals surface area contributed by atoms with E-state index in [4.69, 9.17) is 0 Å². The van der Waals surface area contributed by atoms with Crippen LogP contribution in [-0.4, -0.2) is 30.4 Å². The van der Waals surface area contributed by atoms with Gasteiger partial charge in [0.1, 0.15) is 11.7 Å². The Balaban J connectivity index is 2.05. The predicted molar refractivity (Wildman–Crippen MR) is 74.4 cm³/mol. The van der Waals surface area contributed by atoms with Crippen LogP contribution in [0, 0.1) is 6.92 Å². The Labute approximate surface area is 118 Å². The number of nitrogens with one attached hydrogen (secondary N) is 2. The van der Waals surface area contributed by atoms with Crippen molar-refractivity contribution < 1.29 is 0 Å². The lowest BCUT2D eigenvalue weighted by atomic mass is 9.95. The Bertz CT molecular complexity index is 868. The lowest BCUT2D eigenvalue weighted by molar-refractivity contribution is 0.562. The number of benzene rings is 1. The molecule has 0 spiro atoms. The number of aromatic nitrogens is 6. The van der Waals surface area contributed by atoms with Crippen LogP contribution in [-0.2, 0) is 0 Å². The van der Waals surface area contributed by atoms with Crippen LogP contribution >= 0.6 is 0 Å². The average Bonchev–Trinajstić information content (AvgIpc) is 2.98. The van der Waals surface area contributed by atoms with Crippen LogP contribution in [0.5, 0.6) is 0 Å². The van der Waals surface area contributed by atoms with Crippen LogP contribution in [0.25, 0.3) is 0 Å². The molecule has 0 radical (unpaired) electrons. The van der Waals surface area contributed by atoms with E-state index in [1.54, 1.807) is 4.68 Å². The van der Waals surface area contributed by atoms with Crippen molar-refractivity contribution in [3.05, 3.63) is 57.5 Å². The molecule has 1 atom stereocenters. The lowest BCUT2D eigenvalue weighted by Crippen LogP contribution is -2.29. The maximum Gasteiger partial charge on any atom is 0.288 e. The molecule has 0 saturated carbocycles. The fourth-order valence-electron chi connectivity index (χ4n) is 2.64. The molecule has 0 unspecified atom stereocenters. The number of aryl methyl sites for hydroxylation is 1. The maximum atomic E-state index is 12.1. The van der Waals surface area contributed by atoms with Gasteiger partial charge in [0.2, 0.25) is 5.95 Å². The number of H-pyrrole nitrogens is 1. The zero-order chi connectivity index (χ0) is 14.4. The van der Waals surface area contributed by atoms with E-state index in [1.807, 2.05) is 37.3 Å². The molecule has 0 aliphatic carbocycles. The summed E-state index contributed by atoms with van der Waals surface area (Å²) in [6, 6.07) is 9.50. The summed E-state index contributed by atoms with van der Waals surface area (Å²) in [7, 11) is 0. The first-order valence-electron chi connectivity index (χ1n) is 6.44. The van der Waals surface area contributed by atoms with Gasteiger partial charge in [-0.3, -0.25) is 4.79 Å². The van der Waals surface area contributed by atoms with Crippen molar-refractivity contribution in [1.29, 1.82) is 0 Å². The summed E-state index contributed by atoms with van der Waals surface area (Å²) in [5, 5.41) is 21.2. The van der Waals surface area contributed by atoms with E-state index in [0.717, 1.165) is 16.8 Å². The van der Waals surface area contributed by atoms with E-state index in [-0.39, 0.29) is 11.6 Å². The molecule has 104 valence electrons. The first kappa shape index (κ1) is 11.8. The van der Waals surface area contributed by atoms with Crippen LogP contribution < -0.4 is 10.9 Å². The molecular formula is C13H11N7O. The van der Waals surface area contributed by atoms with Crippen molar-refractivity contribution in [3.8, 4) is 0 Å². The topological polar surface area (TPSA) is 101 Å². The minimum Gasteiger partial charge on any atom is -0.318 e. The fraction of sp³-hybridized carbons (Fsp3) is 0.154. The summed E-state index contributed by atoms with van der Waals surface area (Å²) < 4.78 is 1.66. The quantitative estimate of drug-likeness (QED) is 0.534. The van der Waals surface area contributed by atoms with Gasteiger partial charge in [0.25, 0.3) is 5.56 Å². The largest absolute Gasteiger partial charge is 0.318 e. The zero-order valence-corrected chi connectivity index (χ0v) is 11.1. The zero-order valence-electron chi connectivity index (χ0n) is 11.1. The van der Waals surface area contributed by atoms with Gasteiger partial charge in [-0.05, 0) is 22.9 Å². The summed E-state index contributed by atoms with van der Waals surface area (Å²) in [6.07, 6.45) is 0. The number of hydrogen-bond acceptors (Lipinski definition) is 6. The first-order valence-corrected chi connectivity index (χ1v) is 6.44. The summed E-state index contributed by atoms with van der Waals surface area (Å²) in [4.78, 5) is 12.1. The molecule has 3 aromatic rings. The van der Waals surface area contributed by atoms with Gasteiger partial charge >= 0.3 is 0 Å². The SMILES string of the molecule is Cc1n[nH]c(=O)c2c1[C@H](c1ccccc1)n1nnnc1N2. The van der Waals surface area contributed by atoms with E-state index in [2.05, 4.69) is 31.0 Å². The minimum atomic E-state index is -0.286. The molecule has 4 rings (SSSR count). The fourth-order valence-corrected chi connectivity index (χ4v) is 2.64. The predicted octanol–water partition coefficient (Wildman–Crippen LogP) is 0.760. The number of nitrogens with zero attached hydrogens (tertiary/aromatic N) is 5. The van der Waals surface area contributed by atoms with Crippen LogP contribution in [0.3, 0.4) is 0 Å². The number of rotatable bonds is 1. The van der Waals surface area contributed by atoms with Crippen molar-refractivity contribution in [1.82, 2.24) is 30.4 Å². The molecule has 1 aromatic carbocycles. The molecule has 3 heterocycles. The van der Waals surface area contributed by atoms with Crippen molar-refractivity contribution >= 4 is 11.6 Å². The van der Waals surface area contributed by atoms with Gasteiger partial charge < -0.3 is 5.32 Å². The first-order chi connectivity index (χ1) is 10.3. The van der Waals surface area contributed by atoms with Crippen LogP contribution in [0.15, 0.2) is 35.1 Å². The Morgan fingerprint density at radius 1 is 1.24 bits per heavy atom. The van der Waals surface area contributed by atoms with E-state index in [1.165, 1.54) is 0 Å². The second-order valence-corrected chi connectivity index (χ2v) is 4.81. The normalized spacial score (nSPS) is 16.0. The summed E-state index contributed by atoms with van der Waals surface area (Å²) in [6.45, 7) is 1.85. The Morgan fingerprint density at radius 3 is 2.86 bits per heavy atom. The molecule has 1 aliphatic rings. The van der Waals surface area contributed by atoms with Crippen LogP contribution in [0.2, 0.25) is 0 Å². The second kappa shape index (κ2) is 4.23. The number of fused-ring (bicyclic) bond motifs is 2. The van der Waals surface area contributed by atoms with Crippen molar-refractivity contribution in [2.24, 2.45) is 0 Å². The molecule has 0 saturated heterocycles. The Hall–Kier alpha value is -3.03. The van der Waals surface area contributed by atoms with Gasteiger partial charge in [0, 0.05) is 5.56 Å². The highest BCUT2D eigenvalue weighted by molar-refractivity contribution is 5.64. The van der Waals surface area contributed by atoms with Gasteiger partial charge in [-0.25, -0.2) is 5.10 Å². The third-order valence-corrected chi connectivity index (χ3v) is 3.57. The van der Waals surface area contributed by atoms with E-state index < -0.39 is 0 Å². The molecule has 0 bridgehead atoms. The molecule has 0 amide bonds. The number of aromatic amines is 1. The Kier molecular flexibility index (Phi) is 2.37. The maximum absolute atomic E-state index is 12.1. The third-order valence-electron chi connectivity index (χ3n) is 3.57. The third kappa shape index (κ3) is 1.65. The highest BCUT2D eigenvalue weighted by atomic mass is 16.1. The standard InChI is InChI=1S/C13H11N7O/c1-7-9-10(12(21)16-15-7)14-13-17-18-19-20(13)11(9)8-5-3-2-4-6-8/h2-6,11H,1H3,(H,16,21)(H,14,17,19)/t11-/m0/s1. The van der Waals surface area contributed by atoms with E-state index >= 15 is 0 Å². The summed E-state index contributed by atoms with van der Waals surface area (Å²) >= 11 is 0. The molecule has 8 heteroatoms. The molecule has 21 heavy (non-hydrogen) atoms. The van der Waals surface area contributed by atoms with Gasteiger partial charge in [-0.2, -0.15) is 9.78 Å². The smallest absolute Gasteiger partial charge is 0.288 e. The van der Waals surface area contributed by atoms with Crippen molar-refractivity contribution in [2.45, 2.75) is 13.0 Å². The van der Waals surface area contributed by atoms with E-state index in [9.17, 15) is 4.79 Å². The average molecular weight is 281 g/mol. The summed E-state index contributed by atoms with van der Waals surface area (Å²) in [5.74, 6) is 0.437. The van der Waals surface area contributed by atoms with Crippen molar-refractivity contribution in [3.63, 3.8) is 0 Å². The molecule has 2 N–H and O–H groups in total. The van der Waals surface area contributed by atoms with Crippen LogP contribution in [0.4, 0.5) is 11.6 Å². The highest BCUT2D eigenvalue weighted by Gasteiger charge is 2.32. The van der Waals surface area contributed by atoms with Gasteiger partial charge in [0.15, 0.2) is 0 Å². The van der Waals surface area contributed by atoms with Gasteiger partial charge in [0.05, 0.1) is 5.69 Å². The molecule has 8 nitrogen and oxygen atoms in total. The number of anilines is 2. The monoisotopic (exact) mass is 281 g/mol. The minimum absolute atomic E-state index is 0.276. The highest BCUT2D eigenvalue weighted by Crippen LogP contribution is 2.37. The van der Waals surface area contributed by atoms with E-state index in [0.29, 0.717) is 11.6 Å². The number of hydrogen-bond donors (Lipinski definition) is 2. The lowest BCUT2D eigenvalue weighted by Gasteiger charge is -2.26. The van der Waals surface area contributed by atoms with Gasteiger partial charge in [-0.1, -0.05) is 35.4 Å². The Morgan fingerprint density at radius 2 is 2.05 bits per heavy atom. The number of tetrazole rings is 1. The van der Waals surface area contributed by atoms with Crippen molar-refractivity contribution in [2.75, 3.05) is 5.32 Å².